The van der Waals surface area contributed by atoms with Crippen molar-refractivity contribution in [1.82, 2.24) is 5.16 Å². The lowest BCUT2D eigenvalue weighted by molar-refractivity contribution is -0.115. The molecule has 0 bridgehead atoms. The Hall–Kier alpha value is -3.26. The van der Waals surface area contributed by atoms with Crippen LogP contribution in [0.5, 0.6) is 0 Å². The van der Waals surface area contributed by atoms with Crippen molar-refractivity contribution in [2.45, 2.75) is 32.1 Å². The van der Waals surface area contributed by atoms with Gasteiger partial charge in [0.1, 0.15) is 5.76 Å². The van der Waals surface area contributed by atoms with Gasteiger partial charge in [-0.1, -0.05) is 35.5 Å². The van der Waals surface area contributed by atoms with Gasteiger partial charge in [0.15, 0.2) is 5.82 Å². The summed E-state index contributed by atoms with van der Waals surface area (Å²) in [7, 11) is 0. The number of nitrogens with one attached hydrogen (secondary N) is 3. The van der Waals surface area contributed by atoms with Crippen molar-refractivity contribution in [3.05, 3.63) is 72.0 Å². The summed E-state index contributed by atoms with van der Waals surface area (Å²) < 4.78 is 4.92. The number of thioether (sulfide) groups is 1. The minimum absolute atomic E-state index is 0.164. The van der Waals surface area contributed by atoms with E-state index in [4.69, 9.17) is 4.52 Å². The maximum atomic E-state index is 12.2. The maximum absolute atomic E-state index is 12.2. The predicted octanol–water partition coefficient (Wildman–Crippen LogP) is 4.86. The monoisotopic (exact) mass is 438 g/mol. The number of carbonyl (C=O) groups is 2. The van der Waals surface area contributed by atoms with Crippen molar-refractivity contribution in [2.24, 2.45) is 0 Å². The molecule has 0 spiro atoms. The molecule has 0 aliphatic carbocycles. The summed E-state index contributed by atoms with van der Waals surface area (Å²) in [6, 6.07) is 19.6. The Morgan fingerprint density at radius 2 is 1.68 bits per heavy atom. The van der Waals surface area contributed by atoms with Crippen molar-refractivity contribution in [3.8, 4) is 0 Å². The van der Waals surface area contributed by atoms with E-state index in [1.54, 1.807) is 19.9 Å². The van der Waals surface area contributed by atoms with Crippen LogP contribution in [0, 0.1) is 6.92 Å². The molecule has 0 aliphatic rings. The molecular formula is C23H26N4O3S. The molecule has 2 atom stereocenters. The van der Waals surface area contributed by atoms with Crippen LogP contribution in [0.15, 0.2) is 65.2 Å². The molecule has 7 nitrogen and oxygen atoms in total. The second-order valence-corrected chi connectivity index (χ2v) is 8.50. The van der Waals surface area contributed by atoms with Gasteiger partial charge in [-0.15, -0.1) is 11.8 Å². The molecule has 2 amide bonds. The average Bonchev–Trinajstić information content (AvgIpc) is 3.18. The second-order valence-electron chi connectivity index (χ2n) is 7.17. The standard InChI is InChI=1S/C23H26N4O3S/c1-15-13-21(27-30-15)26-23(29)17(3)31-14-22(28)25-20-11-9-19(10-12-20)24-16(2)18-7-5-4-6-8-18/h4-13,16-17,24H,14H2,1-3H3,(H,25,28)(H,26,27,29). The first-order valence-corrected chi connectivity index (χ1v) is 11.0. The third-order valence-electron chi connectivity index (χ3n) is 4.56. The molecule has 0 saturated heterocycles. The SMILES string of the molecule is Cc1cc(NC(=O)C(C)SCC(=O)Nc2ccc(NC(C)c3ccccc3)cc2)no1. The number of anilines is 3. The highest BCUT2D eigenvalue weighted by atomic mass is 32.2. The largest absolute Gasteiger partial charge is 0.379 e. The Labute approximate surface area is 186 Å². The predicted molar refractivity (Wildman–Crippen MR) is 125 cm³/mol. The number of rotatable bonds is 9. The van der Waals surface area contributed by atoms with Gasteiger partial charge < -0.3 is 20.5 Å². The molecular weight excluding hydrogens is 412 g/mol. The summed E-state index contributed by atoms with van der Waals surface area (Å²) in [5, 5.41) is 12.3. The fourth-order valence-electron chi connectivity index (χ4n) is 2.85. The third-order valence-corrected chi connectivity index (χ3v) is 5.71. The van der Waals surface area contributed by atoms with Gasteiger partial charge in [0.05, 0.1) is 11.0 Å². The Balaban J connectivity index is 1.43. The molecule has 3 N–H and O–H groups in total. The first kappa shape index (κ1) is 22.4. The van der Waals surface area contributed by atoms with E-state index < -0.39 is 5.25 Å². The van der Waals surface area contributed by atoms with Crippen LogP contribution >= 0.6 is 11.8 Å². The van der Waals surface area contributed by atoms with Crippen LogP contribution in [0.25, 0.3) is 0 Å². The zero-order valence-electron chi connectivity index (χ0n) is 17.7. The smallest absolute Gasteiger partial charge is 0.238 e. The quantitative estimate of drug-likeness (QED) is 0.442. The molecule has 1 aromatic heterocycles. The highest BCUT2D eigenvalue weighted by Crippen LogP contribution is 2.21. The zero-order chi connectivity index (χ0) is 22.2. The number of aromatic nitrogens is 1. The van der Waals surface area contributed by atoms with Gasteiger partial charge >= 0.3 is 0 Å². The summed E-state index contributed by atoms with van der Waals surface area (Å²) in [6.45, 7) is 5.59. The lowest BCUT2D eigenvalue weighted by atomic mass is 10.1. The lowest BCUT2D eigenvalue weighted by Crippen LogP contribution is -2.25. The van der Waals surface area contributed by atoms with E-state index in [1.165, 1.54) is 17.3 Å². The van der Waals surface area contributed by atoms with Gasteiger partial charge in [-0.05, 0) is 50.6 Å². The number of hydrogen-bond acceptors (Lipinski definition) is 6. The molecule has 8 heteroatoms. The fraction of sp³-hybridized carbons (Fsp3) is 0.261. The number of hydrogen-bond donors (Lipinski definition) is 3. The molecule has 2 aromatic carbocycles. The number of aryl methyl sites for hydroxylation is 1. The number of nitrogens with zero attached hydrogens (tertiary/aromatic N) is 1. The molecule has 31 heavy (non-hydrogen) atoms. The Morgan fingerprint density at radius 3 is 2.32 bits per heavy atom. The Bertz CT molecular complexity index is 1010. The van der Waals surface area contributed by atoms with E-state index in [9.17, 15) is 9.59 Å². The normalized spacial score (nSPS) is 12.6. The average molecular weight is 439 g/mol. The van der Waals surface area contributed by atoms with Crippen LogP contribution in [0.3, 0.4) is 0 Å². The van der Waals surface area contributed by atoms with Crippen molar-refractivity contribution >= 4 is 40.8 Å². The molecule has 162 valence electrons. The van der Waals surface area contributed by atoms with E-state index in [0.29, 0.717) is 17.3 Å². The van der Waals surface area contributed by atoms with Gasteiger partial charge in [-0.25, -0.2) is 0 Å². The van der Waals surface area contributed by atoms with Gasteiger partial charge in [0.25, 0.3) is 0 Å². The van der Waals surface area contributed by atoms with Crippen LogP contribution in [0.2, 0.25) is 0 Å². The van der Waals surface area contributed by atoms with E-state index >= 15 is 0 Å². The highest BCUT2D eigenvalue weighted by Gasteiger charge is 2.17. The minimum Gasteiger partial charge on any atom is -0.379 e. The molecule has 2 unspecified atom stereocenters. The number of amides is 2. The molecule has 0 radical (unpaired) electrons. The topological polar surface area (TPSA) is 96.3 Å². The Morgan fingerprint density at radius 1 is 1.00 bits per heavy atom. The summed E-state index contributed by atoms with van der Waals surface area (Å²) in [4.78, 5) is 24.4. The molecule has 0 fully saturated rings. The van der Waals surface area contributed by atoms with Crippen LogP contribution < -0.4 is 16.0 Å². The zero-order valence-corrected chi connectivity index (χ0v) is 18.5. The summed E-state index contributed by atoms with van der Waals surface area (Å²) in [6.07, 6.45) is 0. The molecule has 0 aliphatic heterocycles. The fourth-order valence-corrected chi connectivity index (χ4v) is 3.54. The van der Waals surface area contributed by atoms with Crippen molar-refractivity contribution in [1.29, 1.82) is 0 Å². The van der Waals surface area contributed by atoms with E-state index in [2.05, 4.69) is 40.2 Å². The third kappa shape index (κ3) is 6.89. The van der Waals surface area contributed by atoms with Gasteiger partial charge in [-0.3, -0.25) is 9.59 Å². The van der Waals surface area contributed by atoms with Gasteiger partial charge in [0.2, 0.25) is 11.8 Å². The highest BCUT2D eigenvalue weighted by molar-refractivity contribution is 8.01. The van der Waals surface area contributed by atoms with E-state index in [-0.39, 0.29) is 23.6 Å². The summed E-state index contributed by atoms with van der Waals surface area (Å²) in [5.74, 6) is 0.757. The van der Waals surface area contributed by atoms with Crippen LogP contribution in [-0.2, 0) is 9.59 Å². The first-order valence-electron chi connectivity index (χ1n) is 9.98. The molecule has 1 heterocycles. The summed E-state index contributed by atoms with van der Waals surface area (Å²) in [5.41, 5.74) is 2.88. The van der Waals surface area contributed by atoms with E-state index in [0.717, 1.165) is 5.69 Å². The first-order chi connectivity index (χ1) is 14.9. The van der Waals surface area contributed by atoms with Crippen molar-refractivity contribution in [3.63, 3.8) is 0 Å². The van der Waals surface area contributed by atoms with Gasteiger partial charge in [0, 0.05) is 23.5 Å². The minimum atomic E-state index is -0.409. The number of benzene rings is 2. The second kappa shape index (κ2) is 10.7. The van der Waals surface area contributed by atoms with Crippen LogP contribution in [0.4, 0.5) is 17.2 Å². The maximum Gasteiger partial charge on any atom is 0.238 e. The summed E-state index contributed by atoms with van der Waals surface area (Å²) >= 11 is 1.25. The molecule has 3 aromatic rings. The van der Waals surface area contributed by atoms with Crippen molar-refractivity contribution < 1.29 is 14.1 Å². The van der Waals surface area contributed by atoms with Crippen LogP contribution in [0.1, 0.15) is 31.2 Å². The lowest BCUT2D eigenvalue weighted by Gasteiger charge is -2.16. The van der Waals surface area contributed by atoms with Crippen molar-refractivity contribution in [2.75, 3.05) is 21.7 Å². The molecule has 0 saturated carbocycles. The van der Waals surface area contributed by atoms with Gasteiger partial charge in [-0.2, -0.15) is 0 Å². The Kier molecular flexibility index (Phi) is 7.72. The molecule has 3 rings (SSSR count). The number of carbonyl (C=O) groups excluding carboxylic acids is 2. The van der Waals surface area contributed by atoms with E-state index in [1.807, 2.05) is 42.5 Å². The van der Waals surface area contributed by atoms with Crippen LogP contribution in [-0.4, -0.2) is 28.0 Å².